The number of hydrogen-bond acceptors (Lipinski definition) is 4. The summed E-state index contributed by atoms with van der Waals surface area (Å²) in [5.41, 5.74) is 1.99. The number of hydrogen-bond donors (Lipinski definition) is 1. The SMILES string of the molecule is COC(=O)c1cncc(-c2c(C)[nH]n(C)c2=O)c1. The van der Waals surface area contributed by atoms with Crippen LogP contribution in [0.1, 0.15) is 16.1 Å². The number of ether oxygens (including phenoxy) is 1. The second-order valence-corrected chi connectivity index (χ2v) is 3.93. The van der Waals surface area contributed by atoms with E-state index in [1.54, 1.807) is 26.2 Å². The summed E-state index contributed by atoms with van der Waals surface area (Å²) in [6.45, 7) is 1.79. The van der Waals surface area contributed by atoms with Gasteiger partial charge in [-0.2, -0.15) is 0 Å². The van der Waals surface area contributed by atoms with Crippen molar-refractivity contribution in [1.82, 2.24) is 14.8 Å². The highest BCUT2D eigenvalue weighted by Gasteiger charge is 2.14. The van der Waals surface area contributed by atoms with E-state index in [2.05, 4.69) is 14.8 Å². The lowest BCUT2D eigenvalue weighted by Crippen LogP contribution is -2.13. The predicted octanol–water partition coefficient (Wildman–Crippen LogP) is 0.870. The van der Waals surface area contributed by atoms with Gasteiger partial charge in [0.25, 0.3) is 5.56 Å². The second-order valence-electron chi connectivity index (χ2n) is 3.93. The molecule has 6 heteroatoms. The summed E-state index contributed by atoms with van der Waals surface area (Å²) in [5.74, 6) is -0.477. The van der Waals surface area contributed by atoms with Gasteiger partial charge in [-0.3, -0.25) is 19.6 Å². The Labute approximate surface area is 103 Å². The second kappa shape index (κ2) is 4.48. The molecule has 0 unspecified atom stereocenters. The maximum absolute atomic E-state index is 11.9. The van der Waals surface area contributed by atoms with Crippen molar-refractivity contribution >= 4 is 5.97 Å². The Balaban J connectivity index is 2.58. The number of carbonyl (C=O) groups is 1. The van der Waals surface area contributed by atoms with Crippen molar-refractivity contribution in [1.29, 1.82) is 0 Å². The van der Waals surface area contributed by atoms with E-state index >= 15 is 0 Å². The molecule has 0 aliphatic heterocycles. The minimum absolute atomic E-state index is 0.156. The van der Waals surface area contributed by atoms with Gasteiger partial charge in [-0.15, -0.1) is 0 Å². The highest BCUT2D eigenvalue weighted by atomic mass is 16.5. The third kappa shape index (κ3) is 1.92. The number of methoxy groups -OCH3 is 1. The summed E-state index contributed by atoms with van der Waals surface area (Å²) >= 11 is 0. The number of H-pyrrole nitrogens is 1. The van der Waals surface area contributed by atoms with Crippen LogP contribution in [0.4, 0.5) is 0 Å². The first-order chi connectivity index (χ1) is 8.54. The van der Waals surface area contributed by atoms with Crippen LogP contribution in [0.15, 0.2) is 23.3 Å². The normalized spacial score (nSPS) is 10.4. The molecule has 0 spiro atoms. The minimum atomic E-state index is -0.477. The number of aromatic nitrogens is 3. The first kappa shape index (κ1) is 12.1. The molecule has 2 rings (SSSR count). The monoisotopic (exact) mass is 247 g/mol. The van der Waals surface area contributed by atoms with Gasteiger partial charge in [0.2, 0.25) is 0 Å². The van der Waals surface area contributed by atoms with Gasteiger partial charge in [0, 0.05) is 30.7 Å². The van der Waals surface area contributed by atoms with Crippen LogP contribution in [0.3, 0.4) is 0 Å². The standard InChI is InChI=1S/C12H13N3O3/c1-7-10(11(16)15(2)14-7)8-4-9(6-13-5-8)12(17)18-3/h4-6,14H,1-3H3. The molecule has 0 aromatic carbocycles. The molecule has 0 saturated heterocycles. The van der Waals surface area contributed by atoms with Crippen LogP contribution in [0.2, 0.25) is 0 Å². The lowest BCUT2D eigenvalue weighted by molar-refractivity contribution is 0.0600. The molecular weight excluding hydrogens is 234 g/mol. The zero-order valence-corrected chi connectivity index (χ0v) is 10.4. The molecular formula is C12H13N3O3. The Hall–Kier alpha value is -2.37. The fourth-order valence-corrected chi connectivity index (χ4v) is 1.83. The maximum Gasteiger partial charge on any atom is 0.339 e. The van der Waals surface area contributed by atoms with Gasteiger partial charge in [0.1, 0.15) is 0 Å². The highest BCUT2D eigenvalue weighted by molar-refractivity contribution is 5.90. The Kier molecular flexibility index (Phi) is 3.01. The zero-order chi connectivity index (χ0) is 13.3. The summed E-state index contributed by atoms with van der Waals surface area (Å²) in [5, 5.41) is 2.90. The van der Waals surface area contributed by atoms with Gasteiger partial charge in [0.15, 0.2) is 0 Å². The van der Waals surface area contributed by atoms with Crippen molar-refractivity contribution in [3.05, 3.63) is 40.1 Å². The van der Waals surface area contributed by atoms with Gasteiger partial charge in [0.05, 0.1) is 18.2 Å². The van der Waals surface area contributed by atoms with Crippen LogP contribution < -0.4 is 5.56 Å². The van der Waals surface area contributed by atoms with Crippen molar-refractivity contribution in [3.63, 3.8) is 0 Å². The average molecular weight is 247 g/mol. The van der Waals surface area contributed by atoms with E-state index in [1.165, 1.54) is 18.0 Å². The van der Waals surface area contributed by atoms with Gasteiger partial charge >= 0.3 is 5.97 Å². The van der Waals surface area contributed by atoms with Gasteiger partial charge < -0.3 is 4.74 Å². The molecule has 1 N–H and O–H groups in total. The third-order valence-corrected chi connectivity index (χ3v) is 2.68. The first-order valence-electron chi connectivity index (χ1n) is 5.34. The van der Waals surface area contributed by atoms with E-state index in [-0.39, 0.29) is 5.56 Å². The molecule has 94 valence electrons. The van der Waals surface area contributed by atoms with Gasteiger partial charge in [-0.25, -0.2) is 4.79 Å². The largest absolute Gasteiger partial charge is 0.465 e. The van der Waals surface area contributed by atoms with E-state index < -0.39 is 5.97 Å². The molecule has 0 aliphatic carbocycles. The van der Waals surface area contributed by atoms with Gasteiger partial charge in [-0.05, 0) is 13.0 Å². The van der Waals surface area contributed by atoms with Crippen molar-refractivity contribution < 1.29 is 9.53 Å². The summed E-state index contributed by atoms with van der Waals surface area (Å²) < 4.78 is 6.01. The number of esters is 1. The molecule has 6 nitrogen and oxygen atoms in total. The number of nitrogens with zero attached hydrogens (tertiary/aromatic N) is 2. The van der Waals surface area contributed by atoms with Crippen LogP contribution in [0.5, 0.6) is 0 Å². The van der Waals surface area contributed by atoms with Crippen LogP contribution in [0.25, 0.3) is 11.1 Å². The quantitative estimate of drug-likeness (QED) is 0.799. The Bertz CT molecular complexity index is 655. The van der Waals surface area contributed by atoms with E-state index in [0.717, 1.165) is 5.69 Å². The molecule has 0 atom stereocenters. The molecule has 0 bridgehead atoms. The molecule has 2 aromatic rings. The fraction of sp³-hybridized carbons (Fsp3) is 0.250. The topological polar surface area (TPSA) is 77.0 Å². The number of carbonyl (C=O) groups excluding carboxylic acids is 1. The minimum Gasteiger partial charge on any atom is -0.465 e. The Morgan fingerprint density at radius 1 is 1.44 bits per heavy atom. The molecule has 0 radical (unpaired) electrons. The summed E-state index contributed by atoms with van der Waals surface area (Å²) in [6.07, 6.45) is 2.95. The number of nitrogens with one attached hydrogen (secondary N) is 1. The molecule has 2 heterocycles. The highest BCUT2D eigenvalue weighted by Crippen LogP contribution is 2.18. The van der Waals surface area contributed by atoms with Gasteiger partial charge in [-0.1, -0.05) is 0 Å². The van der Waals surface area contributed by atoms with E-state index in [9.17, 15) is 9.59 Å². The number of aryl methyl sites for hydroxylation is 2. The van der Waals surface area contributed by atoms with Crippen molar-refractivity contribution in [3.8, 4) is 11.1 Å². The summed E-state index contributed by atoms with van der Waals surface area (Å²) in [7, 11) is 2.94. The Morgan fingerprint density at radius 3 is 2.72 bits per heavy atom. The lowest BCUT2D eigenvalue weighted by Gasteiger charge is -2.01. The van der Waals surface area contributed by atoms with Crippen LogP contribution in [-0.2, 0) is 11.8 Å². The summed E-state index contributed by atoms with van der Waals surface area (Å²) in [4.78, 5) is 27.3. The number of aromatic amines is 1. The van der Waals surface area contributed by atoms with E-state index in [1.807, 2.05) is 0 Å². The maximum atomic E-state index is 11.9. The number of pyridine rings is 1. The lowest BCUT2D eigenvalue weighted by atomic mass is 10.1. The zero-order valence-electron chi connectivity index (χ0n) is 10.4. The third-order valence-electron chi connectivity index (χ3n) is 2.68. The molecule has 0 amide bonds. The van der Waals surface area contributed by atoms with Crippen molar-refractivity contribution in [2.24, 2.45) is 7.05 Å². The molecule has 0 aliphatic rings. The Morgan fingerprint density at radius 2 is 2.17 bits per heavy atom. The van der Waals surface area contributed by atoms with Crippen LogP contribution in [0, 0.1) is 6.92 Å². The number of rotatable bonds is 2. The fourth-order valence-electron chi connectivity index (χ4n) is 1.83. The van der Waals surface area contributed by atoms with Crippen LogP contribution in [-0.4, -0.2) is 27.8 Å². The van der Waals surface area contributed by atoms with Crippen LogP contribution >= 0.6 is 0 Å². The average Bonchev–Trinajstić information content (AvgIpc) is 2.62. The van der Waals surface area contributed by atoms with E-state index in [0.29, 0.717) is 16.7 Å². The predicted molar refractivity (Wildman–Crippen MR) is 65.3 cm³/mol. The summed E-state index contributed by atoms with van der Waals surface area (Å²) in [6, 6.07) is 1.59. The molecule has 2 aromatic heterocycles. The van der Waals surface area contributed by atoms with E-state index in [4.69, 9.17) is 0 Å². The molecule has 18 heavy (non-hydrogen) atoms. The first-order valence-corrected chi connectivity index (χ1v) is 5.34. The molecule has 0 saturated carbocycles. The smallest absolute Gasteiger partial charge is 0.339 e. The van der Waals surface area contributed by atoms with Crippen molar-refractivity contribution in [2.75, 3.05) is 7.11 Å². The molecule has 0 fully saturated rings. The van der Waals surface area contributed by atoms with Crippen molar-refractivity contribution in [2.45, 2.75) is 6.92 Å².